The number of anilines is 4. The third-order valence-corrected chi connectivity index (χ3v) is 13.5. The molecule has 67 heavy (non-hydrogen) atoms. The van der Waals surface area contributed by atoms with Gasteiger partial charge < -0.3 is 19.1 Å². The van der Waals surface area contributed by atoms with E-state index in [0.29, 0.717) is 11.5 Å². The summed E-state index contributed by atoms with van der Waals surface area (Å²) in [6.45, 7) is 27.3. The van der Waals surface area contributed by atoms with Crippen LogP contribution in [0.3, 0.4) is 0 Å². The zero-order valence-corrected chi connectivity index (χ0v) is 42.8. The Morgan fingerprint density at radius 1 is 0.493 bits per heavy atom. The SMILES string of the molecule is CC(C)(C)c1cc(Oc2[c-]c3c(cc2)c2ccccc2n3-c2cc(C(C)(C)c3ccc4ccccc4c3)ccn2)[c-]c(N2[CH-]N(c3cc(C(C)(C)C)cc(C(C)(C)C)c3)c3ccccc32)c1.[Pt]. The van der Waals surface area contributed by atoms with Crippen molar-refractivity contribution in [2.75, 3.05) is 9.80 Å². The number of para-hydroxylation sites is 3. The van der Waals surface area contributed by atoms with Crippen molar-refractivity contribution in [3.63, 3.8) is 0 Å². The van der Waals surface area contributed by atoms with E-state index in [1.807, 2.05) is 12.3 Å². The average Bonchev–Trinajstić information content (AvgIpc) is 3.84. The molecule has 0 unspecified atom stereocenters. The molecule has 0 saturated carbocycles. The van der Waals surface area contributed by atoms with Crippen LogP contribution >= 0.6 is 0 Å². The fraction of sp³-hybridized carbons (Fsp3) is 0.246. The van der Waals surface area contributed by atoms with Crippen LogP contribution in [0.15, 0.2) is 152 Å². The van der Waals surface area contributed by atoms with Crippen molar-refractivity contribution in [3.05, 3.63) is 198 Å². The molecule has 3 heterocycles. The summed E-state index contributed by atoms with van der Waals surface area (Å²) in [6, 6.07) is 59.9. The van der Waals surface area contributed by atoms with Crippen LogP contribution in [0.1, 0.15) is 104 Å². The number of aromatic nitrogens is 2. The molecule has 5 nitrogen and oxygen atoms in total. The van der Waals surface area contributed by atoms with E-state index in [4.69, 9.17) is 9.72 Å². The van der Waals surface area contributed by atoms with Gasteiger partial charge in [-0.2, -0.15) is 6.07 Å². The molecular formula is C61H59N4OPt-3. The smallest absolute Gasteiger partial charge is 0.135 e. The van der Waals surface area contributed by atoms with Crippen molar-refractivity contribution in [2.24, 2.45) is 0 Å². The van der Waals surface area contributed by atoms with Crippen molar-refractivity contribution >= 4 is 55.3 Å². The topological polar surface area (TPSA) is 33.5 Å². The van der Waals surface area contributed by atoms with Gasteiger partial charge in [0.1, 0.15) is 5.82 Å². The summed E-state index contributed by atoms with van der Waals surface area (Å²) in [5.74, 6) is 2.07. The predicted octanol–water partition coefficient (Wildman–Crippen LogP) is 16.3. The zero-order valence-electron chi connectivity index (χ0n) is 40.5. The summed E-state index contributed by atoms with van der Waals surface area (Å²) in [7, 11) is 0. The first kappa shape index (κ1) is 46.0. The van der Waals surface area contributed by atoms with Crippen molar-refractivity contribution < 1.29 is 25.8 Å². The molecule has 2 aromatic heterocycles. The Kier molecular flexibility index (Phi) is 11.6. The molecule has 10 rings (SSSR count). The first-order chi connectivity index (χ1) is 31.3. The normalized spacial score (nSPS) is 13.4. The molecular weight excluding hydrogens is 1000 g/mol. The number of nitrogens with zero attached hydrogens (tertiary/aromatic N) is 4. The average molecular weight is 1060 g/mol. The summed E-state index contributed by atoms with van der Waals surface area (Å²) in [6.07, 6.45) is 1.93. The Morgan fingerprint density at radius 2 is 1.10 bits per heavy atom. The molecule has 0 spiro atoms. The molecule has 0 N–H and O–H groups in total. The summed E-state index contributed by atoms with van der Waals surface area (Å²) < 4.78 is 9.11. The van der Waals surface area contributed by atoms with Gasteiger partial charge in [-0.3, -0.25) is 0 Å². The van der Waals surface area contributed by atoms with E-state index in [1.54, 1.807) is 0 Å². The number of ether oxygens (including phenoxy) is 1. The first-order valence-electron chi connectivity index (χ1n) is 23.2. The van der Waals surface area contributed by atoms with Crippen LogP contribution < -0.4 is 14.5 Å². The second-order valence-electron chi connectivity index (χ2n) is 21.6. The van der Waals surface area contributed by atoms with E-state index in [2.05, 4.69) is 249 Å². The molecule has 0 saturated heterocycles. The molecule has 0 amide bonds. The van der Waals surface area contributed by atoms with Crippen molar-refractivity contribution in [1.29, 1.82) is 0 Å². The van der Waals surface area contributed by atoms with E-state index >= 15 is 0 Å². The first-order valence-corrected chi connectivity index (χ1v) is 23.2. The minimum Gasteiger partial charge on any atom is -0.509 e. The van der Waals surface area contributed by atoms with Gasteiger partial charge in [0.2, 0.25) is 0 Å². The molecule has 0 atom stereocenters. The van der Waals surface area contributed by atoms with E-state index in [-0.39, 0.29) is 42.7 Å². The van der Waals surface area contributed by atoms with E-state index in [0.717, 1.165) is 55.9 Å². The number of hydrogen-bond acceptors (Lipinski definition) is 4. The van der Waals surface area contributed by atoms with E-state index < -0.39 is 0 Å². The van der Waals surface area contributed by atoms with E-state index in [9.17, 15) is 0 Å². The summed E-state index contributed by atoms with van der Waals surface area (Å²) >= 11 is 0. The van der Waals surface area contributed by atoms with Crippen molar-refractivity contribution in [3.8, 4) is 17.3 Å². The maximum absolute atomic E-state index is 6.89. The minimum absolute atomic E-state index is 0. The Morgan fingerprint density at radius 3 is 1.81 bits per heavy atom. The molecule has 7 aromatic carbocycles. The molecule has 0 bridgehead atoms. The van der Waals surface area contributed by atoms with Gasteiger partial charge >= 0.3 is 0 Å². The Bertz CT molecular complexity index is 3290. The number of benzene rings is 7. The molecule has 0 radical (unpaired) electrons. The summed E-state index contributed by atoms with van der Waals surface area (Å²) in [5.41, 5.74) is 11.9. The predicted molar refractivity (Wildman–Crippen MR) is 276 cm³/mol. The fourth-order valence-corrected chi connectivity index (χ4v) is 9.24. The van der Waals surface area contributed by atoms with Gasteiger partial charge in [0, 0.05) is 66.8 Å². The number of fused-ring (bicyclic) bond motifs is 5. The third-order valence-electron chi connectivity index (χ3n) is 13.5. The van der Waals surface area contributed by atoms with Crippen LogP contribution in [0.25, 0.3) is 38.4 Å². The Balaban J connectivity index is 0.00000562. The largest absolute Gasteiger partial charge is 0.509 e. The van der Waals surface area contributed by atoms with Gasteiger partial charge in [-0.1, -0.05) is 161 Å². The summed E-state index contributed by atoms with van der Waals surface area (Å²) in [5, 5.41) is 4.70. The molecule has 342 valence electrons. The van der Waals surface area contributed by atoms with Gasteiger partial charge in [-0.05, 0) is 97.1 Å². The van der Waals surface area contributed by atoms with Crippen LogP contribution in [0.4, 0.5) is 22.7 Å². The van der Waals surface area contributed by atoms with Crippen LogP contribution in [-0.2, 0) is 42.7 Å². The van der Waals surface area contributed by atoms with Crippen molar-refractivity contribution in [1.82, 2.24) is 9.55 Å². The zero-order chi connectivity index (χ0) is 46.3. The maximum atomic E-state index is 6.89. The number of pyridine rings is 1. The molecule has 9 aromatic rings. The molecule has 1 aliphatic rings. The minimum atomic E-state index is -0.278. The van der Waals surface area contributed by atoms with E-state index in [1.165, 1.54) is 33.0 Å². The Labute approximate surface area is 411 Å². The number of hydrogen-bond donors (Lipinski definition) is 0. The van der Waals surface area contributed by atoms with Crippen LogP contribution in [-0.4, -0.2) is 9.55 Å². The van der Waals surface area contributed by atoms with Gasteiger partial charge in [0.15, 0.2) is 0 Å². The Hall–Kier alpha value is -6.16. The fourth-order valence-electron chi connectivity index (χ4n) is 9.24. The molecule has 6 heteroatoms. The standard InChI is InChI=1S/C61H59N4O.Pt/c1-58(2,3)44-31-45(59(4,5)6)33-47(32-44)63-39-64(55-23-17-16-22-54(55)63)48-34-46(60(7,8)9)35-50(37-48)66-49-26-27-52-51-20-14-15-21-53(51)65(56(52)38-49)57-36-43(28-29-62-57)61(10,11)42-25-24-40-18-12-13-19-41(40)30-42;/h12-36,39H,1-11H3;/q-3;. The van der Waals surface area contributed by atoms with Crippen LogP contribution in [0.5, 0.6) is 11.5 Å². The van der Waals surface area contributed by atoms with Gasteiger partial charge in [0.25, 0.3) is 0 Å². The second kappa shape index (κ2) is 16.9. The monoisotopic (exact) mass is 1060 g/mol. The van der Waals surface area contributed by atoms with Gasteiger partial charge in [-0.25, -0.2) is 4.98 Å². The molecule has 0 fully saturated rings. The van der Waals surface area contributed by atoms with Gasteiger partial charge in [-0.15, -0.1) is 53.6 Å². The van der Waals surface area contributed by atoms with Crippen molar-refractivity contribution in [2.45, 2.75) is 97.8 Å². The third kappa shape index (κ3) is 8.57. The maximum Gasteiger partial charge on any atom is 0.135 e. The van der Waals surface area contributed by atoms with Crippen LogP contribution in [0.2, 0.25) is 0 Å². The quantitative estimate of drug-likeness (QED) is 0.149. The number of rotatable bonds is 7. The van der Waals surface area contributed by atoms with Crippen LogP contribution in [0, 0.1) is 18.8 Å². The van der Waals surface area contributed by atoms with Gasteiger partial charge in [0.05, 0.1) is 0 Å². The molecule has 0 aliphatic carbocycles. The summed E-state index contributed by atoms with van der Waals surface area (Å²) in [4.78, 5) is 9.58. The molecule has 1 aliphatic heterocycles. The second-order valence-corrected chi connectivity index (χ2v) is 21.6.